The fourth-order valence-electron chi connectivity index (χ4n) is 4.35. The normalized spacial score (nSPS) is 20.0. The molecule has 186 valence electrons. The van der Waals surface area contributed by atoms with E-state index in [-0.39, 0.29) is 22.7 Å². The Labute approximate surface area is 197 Å². The Morgan fingerprint density at radius 2 is 1.85 bits per heavy atom. The Hall–Kier alpha value is -2.59. The maximum Gasteiger partial charge on any atom is 0.416 e. The van der Waals surface area contributed by atoms with E-state index in [1.807, 2.05) is 11.8 Å². The molecular weight excluding hydrogens is 469 g/mol. The molecule has 6 nitrogen and oxygen atoms in total. The lowest BCUT2D eigenvalue weighted by molar-refractivity contribution is -0.137. The predicted molar refractivity (Wildman–Crippen MR) is 122 cm³/mol. The quantitative estimate of drug-likeness (QED) is 0.594. The second kappa shape index (κ2) is 9.58. The minimum Gasteiger partial charge on any atom is -0.489 e. The van der Waals surface area contributed by atoms with Crippen molar-refractivity contribution in [3.05, 3.63) is 59.7 Å². The van der Waals surface area contributed by atoms with Crippen LogP contribution >= 0.6 is 0 Å². The molecule has 1 fully saturated rings. The van der Waals surface area contributed by atoms with Crippen LogP contribution in [0.4, 0.5) is 13.2 Å². The number of ether oxygens (including phenoxy) is 1. The van der Waals surface area contributed by atoms with Gasteiger partial charge in [0.1, 0.15) is 11.9 Å². The number of nitrogens with zero attached hydrogens (tertiary/aromatic N) is 1. The third kappa shape index (κ3) is 5.90. The van der Waals surface area contributed by atoms with Gasteiger partial charge in [-0.25, -0.2) is 8.42 Å². The summed E-state index contributed by atoms with van der Waals surface area (Å²) in [7, 11) is -3.31. The summed E-state index contributed by atoms with van der Waals surface area (Å²) in [5.41, 5.74) is 4.88. The van der Waals surface area contributed by atoms with Gasteiger partial charge in [-0.05, 0) is 61.6 Å². The third-order valence-corrected chi connectivity index (χ3v) is 7.55. The molecule has 0 aliphatic carbocycles. The molecule has 1 amide bonds. The molecular formula is C24H29F3N2O4S. The highest BCUT2D eigenvalue weighted by atomic mass is 32.2. The summed E-state index contributed by atoms with van der Waals surface area (Å²) in [6.07, 6.45) is -2.78. The van der Waals surface area contributed by atoms with Crippen molar-refractivity contribution < 1.29 is 31.1 Å². The van der Waals surface area contributed by atoms with Crippen LogP contribution in [0.2, 0.25) is 0 Å². The molecule has 34 heavy (non-hydrogen) atoms. The lowest BCUT2D eigenvalue weighted by Gasteiger charge is -2.38. The van der Waals surface area contributed by atoms with Crippen molar-refractivity contribution in [2.45, 2.75) is 55.3 Å². The van der Waals surface area contributed by atoms with E-state index in [0.29, 0.717) is 25.9 Å². The molecule has 2 aromatic rings. The van der Waals surface area contributed by atoms with Crippen LogP contribution in [0.3, 0.4) is 0 Å². The van der Waals surface area contributed by atoms with Crippen LogP contribution < -0.4 is 10.5 Å². The van der Waals surface area contributed by atoms with Gasteiger partial charge in [0.05, 0.1) is 16.0 Å². The molecule has 1 unspecified atom stereocenters. The number of primary amides is 1. The van der Waals surface area contributed by atoms with Crippen molar-refractivity contribution in [1.82, 2.24) is 4.90 Å². The van der Waals surface area contributed by atoms with Crippen LogP contribution in [-0.4, -0.2) is 50.2 Å². The van der Waals surface area contributed by atoms with Crippen LogP contribution in [0.5, 0.6) is 5.75 Å². The monoisotopic (exact) mass is 498 g/mol. The highest BCUT2D eigenvalue weighted by Gasteiger charge is 2.43. The summed E-state index contributed by atoms with van der Waals surface area (Å²) in [5, 5.41) is 0. The Bertz CT molecular complexity index is 1140. The first-order valence-electron chi connectivity index (χ1n) is 10.9. The average Bonchev–Trinajstić information content (AvgIpc) is 3.21. The molecule has 10 heteroatoms. The van der Waals surface area contributed by atoms with E-state index in [9.17, 15) is 26.4 Å². The Kier molecular flexibility index (Phi) is 7.33. The third-order valence-electron chi connectivity index (χ3n) is 6.42. The number of benzene rings is 2. The minimum atomic E-state index is -4.46. The fourth-order valence-corrected chi connectivity index (χ4v) is 4.98. The van der Waals surface area contributed by atoms with E-state index >= 15 is 0 Å². The molecule has 2 N–H and O–H groups in total. The van der Waals surface area contributed by atoms with E-state index in [0.717, 1.165) is 24.0 Å². The minimum absolute atomic E-state index is 0.102. The molecule has 0 aromatic heterocycles. The maximum absolute atomic E-state index is 13.0. The first-order valence-corrected chi connectivity index (χ1v) is 12.8. The lowest BCUT2D eigenvalue weighted by atomic mass is 9.84. The van der Waals surface area contributed by atoms with Crippen molar-refractivity contribution in [3.8, 4) is 5.75 Å². The number of hydrogen-bond acceptors (Lipinski definition) is 5. The SMILES string of the molecule is C[C@@H](CC(C)(C(N)=O)N1CC[C@@H](Oc2cccc(C(F)(F)F)c2)C1)c1ccc(S(C)(=O)=O)cc1. The molecule has 0 spiro atoms. The summed E-state index contributed by atoms with van der Waals surface area (Å²) >= 11 is 0. The van der Waals surface area contributed by atoms with Gasteiger partial charge in [-0.15, -0.1) is 0 Å². The van der Waals surface area contributed by atoms with Gasteiger partial charge >= 0.3 is 6.18 Å². The van der Waals surface area contributed by atoms with E-state index in [1.165, 1.54) is 24.3 Å². The standard InChI is InChI=1S/C24H29F3N2O4S/c1-16(17-7-9-21(10-8-17)34(3,31)32)14-23(2,22(28)30)29-12-11-20(15-29)33-19-6-4-5-18(13-19)24(25,26)27/h4-10,13,16,20H,11-12,14-15H2,1-3H3,(H2,28,30)/t16-,20+,23?/m0/s1. The van der Waals surface area contributed by atoms with Crippen molar-refractivity contribution >= 4 is 15.7 Å². The lowest BCUT2D eigenvalue weighted by Crippen LogP contribution is -2.55. The van der Waals surface area contributed by atoms with Gasteiger partial charge in [0.25, 0.3) is 0 Å². The fraction of sp³-hybridized carbons (Fsp3) is 0.458. The summed E-state index contributed by atoms with van der Waals surface area (Å²) < 4.78 is 68.2. The molecule has 3 atom stereocenters. The van der Waals surface area contributed by atoms with E-state index in [2.05, 4.69) is 0 Å². The molecule has 1 saturated heterocycles. The van der Waals surface area contributed by atoms with Gasteiger partial charge in [0.15, 0.2) is 9.84 Å². The van der Waals surface area contributed by atoms with Crippen LogP contribution in [-0.2, 0) is 20.8 Å². The zero-order valence-electron chi connectivity index (χ0n) is 19.3. The molecule has 1 heterocycles. The Morgan fingerprint density at radius 3 is 2.41 bits per heavy atom. The molecule has 1 aliphatic rings. The van der Waals surface area contributed by atoms with Gasteiger partial charge in [0.2, 0.25) is 5.91 Å². The van der Waals surface area contributed by atoms with Crippen LogP contribution in [0.25, 0.3) is 0 Å². The highest BCUT2D eigenvalue weighted by molar-refractivity contribution is 7.90. The van der Waals surface area contributed by atoms with Crippen LogP contribution in [0.15, 0.2) is 53.4 Å². The number of amides is 1. The first kappa shape index (κ1) is 26.0. The Morgan fingerprint density at radius 1 is 1.21 bits per heavy atom. The predicted octanol–water partition coefficient (Wildman–Crippen LogP) is 4.00. The van der Waals surface area contributed by atoms with E-state index < -0.39 is 33.0 Å². The molecule has 3 rings (SSSR count). The average molecular weight is 499 g/mol. The van der Waals surface area contributed by atoms with Gasteiger partial charge in [-0.3, -0.25) is 9.69 Å². The summed E-state index contributed by atoms with van der Waals surface area (Å²) in [6.45, 7) is 4.53. The highest BCUT2D eigenvalue weighted by Crippen LogP contribution is 2.35. The topological polar surface area (TPSA) is 89.7 Å². The molecule has 0 bridgehead atoms. The van der Waals surface area contributed by atoms with Gasteiger partial charge < -0.3 is 10.5 Å². The second-order valence-electron chi connectivity index (χ2n) is 9.08. The molecule has 2 aromatic carbocycles. The number of hydrogen-bond donors (Lipinski definition) is 1. The number of rotatable bonds is 8. The van der Waals surface area contributed by atoms with E-state index in [1.54, 1.807) is 19.1 Å². The van der Waals surface area contributed by atoms with Gasteiger partial charge in [-0.2, -0.15) is 13.2 Å². The largest absolute Gasteiger partial charge is 0.489 e. The number of nitrogens with two attached hydrogens (primary N) is 1. The number of sulfone groups is 1. The smallest absolute Gasteiger partial charge is 0.416 e. The van der Waals surface area contributed by atoms with Crippen molar-refractivity contribution in [1.29, 1.82) is 0 Å². The number of carbonyl (C=O) groups is 1. The molecule has 0 saturated carbocycles. The van der Waals surface area contributed by atoms with Gasteiger partial charge in [0, 0.05) is 19.3 Å². The van der Waals surface area contributed by atoms with E-state index in [4.69, 9.17) is 10.5 Å². The second-order valence-corrected chi connectivity index (χ2v) is 11.1. The zero-order valence-corrected chi connectivity index (χ0v) is 20.1. The maximum atomic E-state index is 13.0. The van der Waals surface area contributed by atoms with Crippen molar-refractivity contribution in [3.63, 3.8) is 0 Å². The Balaban J connectivity index is 1.71. The summed E-state index contributed by atoms with van der Waals surface area (Å²) in [4.78, 5) is 14.6. The first-order chi connectivity index (χ1) is 15.7. The summed E-state index contributed by atoms with van der Waals surface area (Å²) in [5.74, 6) is -0.483. The van der Waals surface area contributed by atoms with Crippen molar-refractivity contribution in [2.75, 3.05) is 19.3 Å². The number of carbonyl (C=O) groups excluding carboxylic acids is 1. The van der Waals surface area contributed by atoms with Crippen LogP contribution in [0.1, 0.15) is 43.7 Å². The van der Waals surface area contributed by atoms with Crippen LogP contribution in [0, 0.1) is 0 Å². The molecule has 0 radical (unpaired) electrons. The number of halogens is 3. The van der Waals surface area contributed by atoms with Gasteiger partial charge in [-0.1, -0.05) is 25.1 Å². The van der Waals surface area contributed by atoms with Crippen molar-refractivity contribution in [2.24, 2.45) is 5.73 Å². The summed E-state index contributed by atoms with van der Waals surface area (Å²) in [6, 6.07) is 11.3. The zero-order chi connectivity index (χ0) is 25.3. The molecule has 1 aliphatic heterocycles. The number of alkyl halides is 3. The number of likely N-dealkylation sites (tertiary alicyclic amines) is 1.